The smallest absolute Gasteiger partial charge is 0.145 e. The van der Waals surface area contributed by atoms with E-state index in [9.17, 15) is 0 Å². The molecule has 1 heterocycles. The summed E-state index contributed by atoms with van der Waals surface area (Å²) in [5.74, 6) is 0. The summed E-state index contributed by atoms with van der Waals surface area (Å²) in [4.78, 5) is 0. The van der Waals surface area contributed by atoms with Crippen LogP contribution < -0.4 is 0 Å². The number of ether oxygens (including phenoxy) is 1. The largest absolute Gasteiger partial charge is 0.378 e. The number of rotatable bonds is 6. The van der Waals surface area contributed by atoms with Crippen LogP contribution in [0, 0.1) is 11.3 Å². The molecular formula is C15H16ClN3O. The Hall–Kier alpha value is -1.83. The molecule has 0 saturated heterocycles. The fraction of sp³-hybridized carbons (Fsp3) is 0.333. The number of aromatic nitrogens is 2. The van der Waals surface area contributed by atoms with Crippen molar-refractivity contribution in [3.63, 3.8) is 0 Å². The molecule has 0 aliphatic carbocycles. The molecule has 1 aromatic carbocycles. The summed E-state index contributed by atoms with van der Waals surface area (Å²) in [6, 6.07) is 12.3. The molecule has 2 rings (SSSR count). The average molecular weight is 290 g/mol. The highest BCUT2D eigenvalue weighted by molar-refractivity contribution is 6.30. The number of nitriles is 1. The van der Waals surface area contributed by atoms with E-state index in [1.807, 2.05) is 18.2 Å². The number of hydrogen-bond acceptors (Lipinski definition) is 3. The van der Waals surface area contributed by atoms with Crippen molar-refractivity contribution in [1.29, 1.82) is 5.26 Å². The summed E-state index contributed by atoms with van der Waals surface area (Å²) in [6.45, 7) is 0.987. The van der Waals surface area contributed by atoms with E-state index >= 15 is 0 Å². The number of benzene rings is 1. The summed E-state index contributed by atoms with van der Waals surface area (Å²) in [5, 5.41) is 13.8. The van der Waals surface area contributed by atoms with Gasteiger partial charge in [0, 0.05) is 13.7 Å². The molecule has 0 saturated carbocycles. The van der Waals surface area contributed by atoms with Gasteiger partial charge in [0.15, 0.2) is 0 Å². The van der Waals surface area contributed by atoms with Gasteiger partial charge in [-0.3, -0.25) is 4.68 Å². The van der Waals surface area contributed by atoms with Crippen LogP contribution in [0.25, 0.3) is 0 Å². The van der Waals surface area contributed by atoms with E-state index in [0.29, 0.717) is 29.6 Å². The van der Waals surface area contributed by atoms with Crippen molar-refractivity contribution in [3.05, 3.63) is 52.3 Å². The predicted molar refractivity (Wildman–Crippen MR) is 77.4 cm³/mol. The van der Waals surface area contributed by atoms with E-state index in [-0.39, 0.29) is 0 Å². The van der Waals surface area contributed by atoms with E-state index in [1.54, 1.807) is 11.8 Å². The zero-order valence-electron chi connectivity index (χ0n) is 11.3. The molecule has 0 spiro atoms. The molecule has 0 radical (unpaired) electrons. The molecule has 0 fully saturated rings. The van der Waals surface area contributed by atoms with Gasteiger partial charge in [0.25, 0.3) is 0 Å². The third-order valence-electron chi connectivity index (χ3n) is 3.03. The fourth-order valence-corrected chi connectivity index (χ4v) is 2.34. The molecule has 0 amide bonds. The maximum absolute atomic E-state index is 9.10. The summed E-state index contributed by atoms with van der Waals surface area (Å²) < 4.78 is 6.70. The second kappa shape index (κ2) is 7.09. The lowest BCUT2D eigenvalue weighted by atomic mass is 10.1. The molecule has 0 aliphatic rings. The van der Waals surface area contributed by atoms with Gasteiger partial charge in [-0.25, -0.2) is 0 Å². The Kier molecular flexibility index (Phi) is 5.16. The van der Waals surface area contributed by atoms with Crippen LogP contribution in [0.3, 0.4) is 0 Å². The van der Waals surface area contributed by atoms with Crippen molar-refractivity contribution >= 4 is 11.6 Å². The molecule has 2 aromatic rings. The van der Waals surface area contributed by atoms with Gasteiger partial charge in [0.05, 0.1) is 6.61 Å². The normalized spacial score (nSPS) is 10.4. The summed E-state index contributed by atoms with van der Waals surface area (Å²) in [5.41, 5.74) is 2.29. The first-order valence-electron chi connectivity index (χ1n) is 6.44. The number of aryl methyl sites for hydroxylation is 2. The average Bonchev–Trinajstić information content (AvgIpc) is 2.76. The molecule has 0 atom stereocenters. The van der Waals surface area contributed by atoms with Gasteiger partial charge in [-0.15, -0.1) is 0 Å². The quantitative estimate of drug-likeness (QED) is 0.820. The second-order valence-electron chi connectivity index (χ2n) is 4.47. The Morgan fingerprint density at radius 2 is 2.10 bits per heavy atom. The summed E-state index contributed by atoms with van der Waals surface area (Å²) in [7, 11) is 1.57. The minimum absolute atomic E-state index is 0.300. The van der Waals surface area contributed by atoms with Crippen LogP contribution >= 0.6 is 11.6 Å². The Morgan fingerprint density at radius 3 is 2.75 bits per heavy atom. The number of halogens is 1. The van der Waals surface area contributed by atoms with E-state index < -0.39 is 0 Å². The lowest BCUT2D eigenvalue weighted by Gasteiger charge is -2.03. The van der Waals surface area contributed by atoms with E-state index in [2.05, 4.69) is 23.3 Å². The standard InChI is InChI=1S/C15H16ClN3O/c1-20-11-14-13(10-17)15(16)19(18-14)9-5-8-12-6-3-2-4-7-12/h2-4,6-7H,5,8-9,11H2,1H3. The van der Waals surface area contributed by atoms with E-state index in [0.717, 1.165) is 12.8 Å². The number of nitrogens with zero attached hydrogens (tertiary/aromatic N) is 3. The topological polar surface area (TPSA) is 50.8 Å². The lowest BCUT2D eigenvalue weighted by molar-refractivity contribution is 0.180. The van der Waals surface area contributed by atoms with Gasteiger partial charge in [-0.2, -0.15) is 10.4 Å². The van der Waals surface area contributed by atoms with Crippen molar-refractivity contribution in [1.82, 2.24) is 9.78 Å². The monoisotopic (exact) mass is 289 g/mol. The van der Waals surface area contributed by atoms with Crippen molar-refractivity contribution in [2.24, 2.45) is 0 Å². The van der Waals surface area contributed by atoms with Gasteiger partial charge in [0.1, 0.15) is 22.5 Å². The van der Waals surface area contributed by atoms with Crippen LogP contribution in [0.15, 0.2) is 30.3 Å². The SMILES string of the molecule is COCc1nn(CCCc2ccccc2)c(Cl)c1C#N. The third-order valence-corrected chi connectivity index (χ3v) is 3.42. The maximum atomic E-state index is 9.10. The molecule has 0 unspecified atom stereocenters. The molecule has 0 aliphatic heterocycles. The number of hydrogen-bond donors (Lipinski definition) is 0. The first-order valence-corrected chi connectivity index (χ1v) is 6.82. The van der Waals surface area contributed by atoms with Gasteiger partial charge in [0.2, 0.25) is 0 Å². The van der Waals surface area contributed by atoms with Crippen molar-refractivity contribution in [3.8, 4) is 6.07 Å². The summed E-state index contributed by atoms with van der Waals surface area (Å²) in [6.07, 6.45) is 1.88. The highest BCUT2D eigenvalue weighted by Crippen LogP contribution is 2.20. The zero-order chi connectivity index (χ0) is 14.4. The fourth-order valence-electron chi connectivity index (χ4n) is 2.06. The highest BCUT2D eigenvalue weighted by Gasteiger charge is 2.15. The van der Waals surface area contributed by atoms with Crippen molar-refractivity contribution in [2.45, 2.75) is 26.0 Å². The molecule has 0 N–H and O–H groups in total. The van der Waals surface area contributed by atoms with Crippen molar-refractivity contribution in [2.75, 3.05) is 7.11 Å². The maximum Gasteiger partial charge on any atom is 0.145 e. The van der Waals surface area contributed by atoms with Crippen LogP contribution in [-0.4, -0.2) is 16.9 Å². The zero-order valence-corrected chi connectivity index (χ0v) is 12.1. The Bertz CT molecular complexity index is 602. The van der Waals surface area contributed by atoms with Crippen LogP contribution in [0.1, 0.15) is 23.2 Å². The molecule has 1 aromatic heterocycles. The number of methoxy groups -OCH3 is 1. The van der Waals surface area contributed by atoms with Crippen LogP contribution in [0.5, 0.6) is 0 Å². The molecule has 5 heteroatoms. The van der Waals surface area contributed by atoms with E-state index in [1.165, 1.54) is 5.56 Å². The third kappa shape index (κ3) is 3.38. The first-order chi connectivity index (χ1) is 9.76. The Morgan fingerprint density at radius 1 is 1.35 bits per heavy atom. The van der Waals surface area contributed by atoms with Gasteiger partial charge in [-0.05, 0) is 18.4 Å². The van der Waals surface area contributed by atoms with Crippen LogP contribution in [-0.2, 0) is 24.3 Å². The van der Waals surface area contributed by atoms with Gasteiger partial charge < -0.3 is 4.74 Å². The van der Waals surface area contributed by atoms with Crippen molar-refractivity contribution < 1.29 is 4.74 Å². The molecule has 0 bridgehead atoms. The predicted octanol–water partition coefficient (Wildman–Crippen LogP) is 3.19. The van der Waals surface area contributed by atoms with Crippen LogP contribution in [0.2, 0.25) is 5.15 Å². The minimum Gasteiger partial charge on any atom is -0.378 e. The minimum atomic E-state index is 0.300. The second-order valence-corrected chi connectivity index (χ2v) is 4.83. The van der Waals surface area contributed by atoms with Crippen LogP contribution in [0.4, 0.5) is 0 Å². The van der Waals surface area contributed by atoms with Gasteiger partial charge in [-0.1, -0.05) is 41.9 Å². The highest BCUT2D eigenvalue weighted by atomic mass is 35.5. The molecule has 4 nitrogen and oxygen atoms in total. The summed E-state index contributed by atoms with van der Waals surface area (Å²) >= 11 is 6.17. The lowest BCUT2D eigenvalue weighted by Crippen LogP contribution is -2.02. The van der Waals surface area contributed by atoms with Gasteiger partial charge >= 0.3 is 0 Å². The Labute approximate surface area is 123 Å². The molecule has 20 heavy (non-hydrogen) atoms. The van der Waals surface area contributed by atoms with E-state index in [4.69, 9.17) is 21.6 Å². The first kappa shape index (κ1) is 14.6. The Balaban J connectivity index is 2.01. The molecular weight excluding hydrogens is 274 g/mol. The molecule has 104 valence electrons.